The van der Waals surface area contributed by atoms with Gasteiger partial charge in [0.05, 0.1) is 32.8 Å². The van der Waals surface area contributed by atoms with Gasteiger partial charge in [0, 0.05) is 12.2 Å². The summed E-state index contributed by atoms with van der Waals surface area (Å²) >= 11 is 0. The fraction of sp³-hybridized carbons (Fsp3) is 0.538. The van der Waals surface area contributed by atoms with Crippen LogP contribution in [0.2, 0.25) is 0 Å². The van der Waals surface area contributed by atoms with E-state index in [2.05, 4.69) is 0 Å². The van der Waals surface area contributed by atoms with E-state index in [0.717, 1.165) is 16.7 Å². The lowest BCUT2D eigenvalue weighted by Crippen LogP contribution is -2.58. The molecule has 0 aliphatic carbocycles. The first-order chi connectivity index (χ1) is 17.3. The van der Waals surface area contributed by atoms with Crippen molar-refractivity contribution in [3.63, 3.8) is 0 Å². The van der Waals surface area contributed by atoms with Crippen LogP contribution in [0.5, 0.6) is 23.0 Å². The molecule has 0 saturated carbocycles. The molecule has 1 saturated heterocycles. The van der Waals surface area contributed by atoms with Crippen molar-refractivity contribution in [2.24, 2.45) is 0 Å². The fourth-order valence-corrected chi connectivity index (χ4v) is 4.72. The molecule has 2 heterocycles. The van der Waals surface area contributed by atoms with Gasteiger partial charge in [0.2, 0.25) is 6.29 Å². The molecule has 10 nitrogen and oxygen atoms in total. The van der Waals surface area contributed by atoms with Gasteiger partial charge < -0.3 is 49.2 Å². The second-order valence-corrected chi connectivity index (χ2v) is 9.08. The van der Waals surface area contributed by atoms with Crippen LogP contribution in [0.4, 0.5) is 0 Å². The van der Waals surface area contributed by atoms with Gasteiger partial charge in [-0.3, -0.25) is 0 Å². The van der Waals surface area contributed by atoms with Crippen molar-refractivity contribution in [3.05, 3.63) is 47.0 Å². The van der Waals surface area contributed by atoms with Crippen LogP contribution < -0.4 is 18.9 Å². The molecule has 0 spiro atoms. The zero-order valence-corrected chi connectivity index (χ0v) is 20.5. The summed E-state index contributed by atoms with van der Waals surface area (Å²) in [4.78, 5) is 0. The summed E-state index contributed by atoms with van der Waals surface area (Å²) in [5, 5.41) is 49.8. The summed E-state index contributed by atoms with van der Waals surface area (Å²) in [6, 6.07) is 8.98. The molecule has 2 aromatic rings. The van der Waals surface area contributed by atoms with E-state index in [4.69, 9.17) is 23.7 Å². The second kappa shape index (κ2) is 11.2. The Balaban J connectivity index is 1.60. The summed E-state index contributed by atoms with van der Waals surface area (Å²) in [7, 11) is 3.03. The first-order valence-corrected chi connectivity index (χ1v) is 12.0. The number of aliphatic hydroxyl groups excluding tert-OH is 5. The highest BCUT2D eigenvalue weighted by Crippen LogP contribution is 2.51. The Kier molecular flexibility index (Phi) is 8.23. The van der Waals surface area contributed by atoms with Gasteiger partial charge in [-0.2, -0.15) is 0 Å². The number of aryl methyl sites for hydroxylation is 1. The van der Waals surface area contributed by atoms with E-state index < -0.39 is 36.8 Å². The van der Waals surface area contributed by atoms with E-state index in [1.165, 1.54) is 7.11 Å². The van der Waals surface area contributed by atoms with E-state index in [1.54, 1.807) is 32.2 Å². The number of benzene rings is 2. The molecule has 5 N–H and O–H groups in total. The van der Waals surface area contributed by atoms with Gasteiger partial charge in [-0.05, 0) is 49.1 Å². The Morgan fingerprint density at radius 3 is 2.31 bits per heavy atom. The molecule has 0 unspecified atom stereocenters. The molecule has 0 amide bonds. The standard InChI is InChI=1S/C26H34O10/c1-13-21(29)22(30)23(31)26(34-13)35-18-7-6-15(11-19(18)32-2)24-17(12-28)16-9-14(5-4-8-27)10-20(33-3)25(16)36-24/h6-7,9-11,13,17,21-24,26-31H,4-5,8,12H2,1-3H3/t13-,17+,21-,22+,23+,24+,26+/m0/s1. The van der Waals surface area contributed by atoms with Gasteiger partial charge in [0.25, 0.3) is 0 Å². The van der Waals surface area contributed by atoms with Crippen LogP contribution in [0.25, 0.3) is 0 Å². The largest absolute Gasteiger partial charge is 0.493 e. The Hall–Kier alpha value is -2.60. The van der Waals surface area contributed by atoms with Gasteiger partial charge in [-0.15, -0.1) is 0 Å². The zero-order valence-electron chi connectivity index (χ0n) is 20.5. The first kappa shape index (κ1) is 26.5. The molecule has 7 atom stereocenters. The van der Waals surface area contributed by atoms with E-state index in [-0.39, 0.29) is 24.9 Å². The van der Waals surface area contributed by atoms with Crippen molar-refractivity contribution in [2.45, 2.75) is 62.5 Å². The highest BCUT2D eigenvalue weighted by atomic mass is 16.7. The monoisotopic (exact) mass is 506 g/mol. The van der Waals surface area contributed by atoms with Crippen molar-refractivity contribution >= 4 is 0 Å². The van der Waals surface area contributed by atoms with Crippen LogP contribution in [0, 0.1) is 0 Å². The van der Waals surface area contributed by atoms with Crippen LogP contribution in [-0.4, -0.2) is 83.7 Å². The Bertz CT molecular complexity index is 1040. The average Bonchev–Trinajstić information content (AvgIpc) is 3.27. The Morgan fingerprint density at radius 1 is 0.889 bits per heavy atom. The lowest BCUT2D eigenvalue weighted by atomic mass is 9.90. The van der Waals surface area contributed by atoms with Crippen molar-refractivity contribution in [2.75, 3.05) is 27.4 Å². The molecule has 2 aliphatic heterocycles. The second-order valence-electron chi connectivity index (χ2n) is 9.08. The van der Waals surface area contributed by atoms with E-state index in [1.807, 2.05) is 12.1 Å². The lowest BCUT2D eigenvalue weighted by Gasteiger charge is -2.39. The Morgan fingerprint density at radius 2 is 1.64 bits per heavy atom. The maximum absolute atomic E-state index is 10.3. The summed E-state index contributed by atoms with van der Waals surface area (Å²) in [6.07, 6.45) is -5.31. The topological polar surface area (TPSA) is 147 Å². The molecule has 36 heavy (non-hydrogen) atoms. The predicted octanol–water partition coefficient (Wildman–Crippen LogP) is 1.04. The minimum atomic E-state index is -1.46. The van der Waals surface area contributed by atoms with Crippen molar-refractivity contribution in [3.8, 4) is 23.0 Å². The van der Waals surface area contributed by atoms with Crippen LogP contribution in [-0.2, 0) is 11.2 Å². The third-order valence-corrected chi connectivity index (χ3v) is 6.76. The summed E-state index contributed by atoms with van der Waals surface area (Å²) in [5.74, 6) is 1.37. The van der Waals surface area contributed by atoms with Crippen LogP contribution in [0.3, 0.4) is 0 Å². The fourth-order valence-electron chi connectivity index (χ4n) is 4.72. The van der Waals surface area contributed by atoms with Gasteiger partial charge in [0.15, 0.2) is 23.0 Å². The van der Waals surface area contributed by atoms with E-state index in [0.29, 0.717) is 30.1 Å². The smallest absolute Gasteiger partial charge is 0.229 e. The van der Waals surface area contributed by atoms with Gasteiger partial charge in [-0.25, -0.2) is 0 Å². The number of methoxy groups -OCH3 is 2. The molecular weight excluding hydrogens is 472 g/mol. The summed E-state index contributed by atoms with van der Waals surface area (Å²) in [5.41, 5.74) is 2.54. The van der Waals surface area contributed by atoms with Crippen molar-refractivity contribution < 1.29 is 49.2 Å². The third kappa shape index (κ3) is 4.97. The maximum atomic E-state index is 10.3. The van der Waals surface area contributed by atoms with E-state index >= 15 is 0 Å². The van der Waals surface area contributed by atoms with Crippen LogP contribution in [0.1, 0.15) is 42.1 Å². The van der Waals surface area contributed by atoms with Crippen molar-refractivity contribution in [1.29, 1.82) is 0 Å². The third-order valence-electron chi connectivity index (χ3n) is 6.76. The Labute approximate surface area is 209 Å². The molecule has 1 fully saturated rings. The minimum Gasteiger partial charge on any atom is -0.493 e. The average molecular weight is 507 g/mol. The number of rotatable bonds is 9. The quantitative estimate of drug-likeness (QED) is 0.334. The molecule has 198 valence electrons. The SMILES string of the molecule is COc1cc([C@H]2Oc3c(OC)cc(CCCO)cc3[C@H]2CO)ccc1O[C@H]1O[C@@H](C)[C@H](O)[C@@H](O)[C@H]1O. The highest BCUT2D eigenvalue weighted by Gasteiger charge is 2.43. The van der Waals surface area contributed by atoms with Gasteiger partial charge >= 0.3 is 0 Å². The summed E-state index contributed by atoms with van der Waals surface area (Å²) < 4.78 is 28.7. The summed E-state index contributed by atoms with van der Waals surface area (Å²) in [6.45, 7) is 1.49. The lowest BCUT2D eigenvalue weighted by molar-refractivity contribution is -0.268. The number of ether oxygens (including phenoxy) is 5. The number of hydrogen-bond acceptors (Lipinski definition) is 10. The molecular formula is C26H34O10. The number of fused-ring (bicyclic) bond motifs is 1. The molecule has 0 radical (unpaired) electrons. The molecule has 2 aliphatic rings. The van der Waals surface area contributed by atoms with Crippen LogP contribution >= 0.6 is 0 Å². The highest BCUT2D eigenvalue weighted by molar-refractivity contribution is 5.56. The molecule has 0 bridgehead atoms. The van der Waals surface area contributed by atoms with Gasteiger partial charge in [-0.1, -0.05) is 12.1 Å². The number of hydrogen-bond donors (Lipinski definition) is 5. The first-order valence-electron chi connectivity index (χ1n) is 12.0. The minimum absolute atomic E-state index is 0.0809. The predicted molar refractivity (Wildman–Crippen MR) is 128 cm³/mol. The number of aliphatic hydroxyl groups is 5. The van der Waals surface area contributed by atoms with Crippen LogP contribution in [0.15, 0.2) is 30.3 Å². The van der Waals surface area contributed by atoms with E-state index in [9.17, 15) is 25.5 Å². The van der Waals surface area contributed by atoms with Crippen molar-refractivity contribution in [1.82, 2.24) is 0 Å². The normalized spacial score (nSPS) is 29.4. The molecule has 0 aromatic heterocycles. The van der Waals surface area contributed by atoms with Gasteiger partial charge in [0.1, 0.15) is 24.4 Å². The zero-order chi connectivity index (χ0) is 26.0. The molecule has 4 rings (SSSR count). The molecule has 2 aromatic carbocycles. The maximum Gasteiger partial charge on any atom is 0.229 e. The molecule has 10 heteroatoms.